The summed E-state index contributed by atoms with van der Waals surface area (Å²) in [5.74, 6) is 0.655. The van der Waals surface area contributed by atoms with Crippen LogP contribution in [0.15, 0.2) is 54.9 Å². The summed E-state index contributed by atoms with van der Waals surface area (Å²) in [7, 11) is 2.10. The van der Waals surface area contributed by atoms with Gasteiger partial charge in [0.05, 0.1) is 28.0 Å². The van der Waals surface area contributed by atoms with Crippen molar-refractivity contribution < 1.29 is 4.74 Å². The molecule has 2 aromatic heterocycles. The van der Waals surface area contributed by atoms with Crippen LogP contribution in [0.25, 0.3) is 22.5 Å². The number of halogens is 2. The van der Waals surface area contributed by atoms with E-state index in [4.69, 9.17) is 27.9 Å². The van der Waals surface area contributed by atoms with Crippen LogP contribution in [0.5, 0.6) is 5.75 Å². The third-order valence-corrected chi connectivity index (χ3v) is 5.12. The number of pyridine rings is 2. The largest absolute Gasteiger partial charge is 0.492 e. The van der Waals surface area contributed by atoms with Crippen molar-refractivity contribution in [2.45, 2.75) is 13.3 Å². The SMILES string of the molecule is CCN(C)CCCOc1cc(-c2ncccc2-c2ncccc2Cl)ccc1Cl. The third kappa shape index (κ3) is 5.02. The summed E-state index contributed by atoms with van der Waals surface area (Å²) in [6, 6.07) is 13.2. The minimum absolute atomic E-state index is 0.584. The van der Waals surface area contributed by atoms with Crippen LogP contribution >= 0.6 is 23.2 Å². The quantitative estimate of drug-likeness (QED) is 0.433. The third-order valence-electron chi connectivity index (χ3n) is 4.51. The molecule has 0 aliphatic rings. The van der Waals surface area contributed by atoms with Crippen LogP contribution in [0, 0.1) is 0 Å². The fourth-order valence-corrected chi connectivity index (χ4v) is 3.24. The zero-order valence-electron chi connectivity index (χ0n) is 16.0. The van der Waals surface area contributed by atoms with E-state index in [-0.39, 0.29) is 0 Å². The van der Waals surface area contributed by atoms with Gasteiger partial charge in [-0.3, -0.25) is 9.97 Å². The Morgan fingerprint density at radius 2 is 1.71 bits per heavy atom. The first-order valence-electron chi connectivity index (χ1n) is 9.27. The lowest BCUT2D eigenvalue weighted by Gasteiger charge is -2.15. The Labute approximate surface area is 176 Å². The van der Waals surface area contributed by atoms with Gasteiger partial charge >= 0.3 is 0 Å². The van der Waals surface area contributed by atoms with Crippen LogP contribution in [0.3, 0.4) is 0 Å². The number of ether oxygens (including phenoxy) is 1. The van der Waals surface area contributed by atoms with Gasteiger partial charge in [0, 0.05) is 30.1 Å². The van der Waals surface area contributed by atoms with Crippen LogP contribution in [-0.4, -0.2) is 41.6 Å². The molecule has 28 heavy (non-hydrogen) atoms. The zero-order valence-corrected chi connectivity index (χ0v) is 17.5. The lowest BCUT2D eigenvalue weighted by atomic mass is 10.0. The van der Waals surface area contributed by atoms with Gasteiger partial charge in [0.25, 0.3) is 0 Å². The molecular weight excluding hydrogens is 393 g/mol. The van der Waals surface area contributed by atoms with Crippen molar-refractivity contribution in [3.8, 4) is 28.3 Å². The lowest BCUT2D eigenvalue weighted by Crippen LogP contribution is -2.20. The number of aromatic nitrogens is 2. The van der Waals surface area contributed by atoms with Gasteiger partial charge in [-0.15, -0.1) is 0 Å². The average molecular weight is 416 g/mol. The molecule has 3 aromatic rings. The molecule has 0 aliphatic heterocycles. The molecule has 0 unspecified atom stereocenters. The van der Waals surface area contributed by atoms with Crippen LogP contribution in [0.1, 0.15) is 13.3 Å². The van der Waals surface area contributed by atoms with E-state index in [0.717, 1.165) is 36.3 Å². The second-order valence-electron chi connectivity index (χ2n) is 6.48. The molecule has 4 nitrogen and oxygen atoms in total. The first-order valence-corrected chi connectivity index (χ1v) is 10.0. The van der Waals surface area contributed by atoms with Gasteiger partial charge in [0.2, 0.25) is 0 Å². The highest BCUT2D eigenvalue weighted by atomic mass is 35.5. The summed E-state index contributed by atoms with van der Waals surface area (Å²) < 4.78 is 5.94. The standard InChI is InChI=1S/C22H23Cl2N3O/c1-3-27(2)13-6-14-28-20-15-16(9-10-18(20)23)21-17(7-4-11-25-21)22-19(24)8-5-12-26-22/h4-5,7-12,15H,3,6,13-14H2,1-2H3. The summed E-state index contributed by atoms with van der Waals surface area (Å²) in [6.07, 6.45) is 4.41. The van der Waals surface area contributed by atoms with Crippen LogP contribution in [-0.2, 0) is 0 Å². The van der Waals surface area contributed by atoms with Crippen LogP contribution in [0.2, 0.25) is 10.0 Å². The minimum atomic E-state index is 0.584. The second kappa shape index (κ2) is 9.87. The molecule has 1 aromatic carbocycles. The van der Waals surface area contributed by atoms with Gasteiger partial charge in [-0.05, 0) is 56.4 Å². The van der Waals surface area contributed by atoms with E-state index in [1.165, 1.54) is 0 Å². The normalized spacial score (nSPS) is 11.0. The number of hydrogen-bond acceptors (Lipinski definition) is 4. The Kier molecular flexibility index (Phi) is 7.26. The van der Waals surface area contributed by atoms with Crippen LogP contribution < -0.4 is 4.74 Å². The Hall–Kier alpha value is -2.14. The van der Waals surface area contributed by atoms with E-state index < -0.39 is 0 Å². The minimum Gasteiger partial charge on any atom is -0.492 e. The highest BCUT2D eigenvalue weighted by molar-refractivity contribution is 6.33. The number of nitrogens with zero attached hydrogens (tertiary/aromatic N) is 3. The van der Waals surface area contributed by atoms with E-state index in [0.29, 0.717) is 28.1 Å². The number of rotatable bonds is 8. The first kappa shape index (κ1) is 20.6. The van der Waals surface area contributed by atoms with Gasteiger partial charge in [-0.1, -0.05) is 36.2 Å². The summed E-state index contributed by atoms with van der Waals surface area (Å²) in [5, 5.41) is 1.17. The molecule has 0 amide bonds. The van der Waals surface area contributed by atoms with Crippen molar-refractivity contribution in [1.29, 1.82) is 0 Å². The Bertz CT molecular complexity index is 933. The predicted octanol–water partition coefficient (Wildman–Crippen LogP) is 5.84. The molecule has 0 fully saturated rings. The molecule has 146 valence electrons. The second-order valence-corrected chi connectivity index (χ2v) is 7.29. The summed E-state index contributed by atoms with van der Waals surface area (Å²) in [4.78, 5) is 11.2. The summed E-state index contributed by atoms with van der Waals surface area (Å²) in [6.45, 7) is 4.75. The van der Waals surface area contributed by atoms with Crippen molar-refractivity contribution >= 4 is 23.2 Å². The smallest absolute Gasteiger partial charge is 0.138 e. The lowest BCUT2D eigenvalue weighted by molar-refractivity contribution is 0.268. The van der Waals surface area contributed by atoms with E-state index >= 15 is 0 Å². The van der Waals surface area contributed by atoms with Gasteiger partial charge in [-0.2, -0.15) is 0 Å². The molecule has 2 heterocycles. The maximum atomic E-state index is 6.36. The highest BCUT2D eigenvalue weighted by Gasteiger charge is 2.14. The molecule has 0 N–H and O–H groups in total. The van der Waals surface area contributed by atoms with E-state index in [9.17, 15) is 0 Å². The van der Waals surface area contributed by atoms with Crippen molar-refractivity contribution in [3.05, 3.63) is 64.9 Å². The molecule has 0 saturated heterocycles. The maximum absolute atomic E-state index is 6.36. The van der Waals surface area contributed by atoms with Gasteiger partial charge in [0.1, 0.15) is 5.75 Å². The van der Waals surface area contributed by atoms with Crippen molar-refractivity contribution in [3.63, 3.8) is 0 Å². The van der Waals surface area contributed by atoms with E-state index in [1.807, 2.05) is 42.5 Å². The average Bonchev–Trinajstić information content (AvgIpc) is 2.72. The molecule has 0 atom stereocenters. The van der Waals surface area contributed by atoms with Gasteiger partial charge in [-0.25, -0.2) is 0 Å². The van der Waals surface area contributed by atoms with Crippen molar-refractivity contribution in [1.82, 2.24) is 14.9 Å². The Morgan fingerprint density at radius 3 is 2.46 bits per heavy atom. The Morgan fingerprint density at radius 1 is 0.964 bits per heavy atom. The molecule has 0 aliphatic carbocycles. The predicted molar refractivity (Wildman–Crippen MR) is 116 cm³/mol. The zero-order chi connectivity index (χ0) is 19.9. The van der Waals surface area contributed by atoms with Gasteiger partial charge < -0.3 is 9.64 Å². The first-order chi connectivity index (χ1) is 13.6. The van der Waals surface area contributed by atoms with Crippen molar-refractivity contribution in [2.75, 3.05) is 26.7 Å². The van der Waals surface area contributed by atoms with Crippen molar-refractivity contribution in [2.24, 2.45) is 0 Å². The Balaban J connectivity index is 1.86. The topological polar surface area (TPSA) is 38.2 Å². The van der Waals surface area contributed by atoms with Crippen LogP contribution in [0.4, 0.5) is 0 Å². The number of benzene rings is 1. The maximum Gasteiger partial charge on any atom is 0.138 e. The van der Waals surface area contributed by atoms with E-state index in [1.54, 1.807) is 12.4 Å². The molecule has 0 saturated carbocycles. The van der Waals surface area contributed by atoms with Gasteiger partial charge in [0.15, 0.2) is 0 Å². The molecular formula is C22H23Cl2N3O. The fourth-order valence-electron chi connectivity index (χ4n) is 2.85. The molecule has 0 radical (unpaired) electrons. The number of hydrogen-bond donors (Lipinski definition) is 0. The molecule has 0 spiro atoms. The molecule has 6 heteroatoms. The monoisotopic (exact) mass is 415 g/mol. The summed E-state index contributed by atoms with van der Waals surface area (Å²) in [5.41, 5.74) is 3.26. The molecule has 3 rings (SSSR count). The fraction of sp³-hybridized carbons (Fsp3) is 0.273. The summed E-state index contributed by atoms with van der Waals surface area (Å²) >= 11 is 12.7. The molecule has 0 bridgehead atoms. The van der Waals surface area contributed by atoms with E-state index in [2.05, 4.69) is 28.8 Å². The highest BCUT2D eigenvalue weighted by Crippen LogP contribution is 2.36.